The second-order valence-electron chi connectivity index (χ2n) is 5.68. The Morgan fingerprint density at radius 1 is 0.870 bits per heavy atom. The number of hydrogen-bond acceptors (Lipinski definition) is 3. The minimum Gasteiger partial charge on any atom is -0.321 e. The summed E-state index contributed by atoms with van der Waals surface area (Å²) in [6.45, 7) is 2.94. The minimum absolute atomic E-state index is 0.822. The van der Waals surface area contributed by atoms with Crippen LogP contribution in [0.4, 0.5) is 11.4 Å². The Morgan fingerprint density at radius 2 is 1.65 bits per heavy atom. The first-order valence-corrected chi connectivity index (χ1v) is 7.73. The van der Waals surface area contributed by atoms with Gasteiger partial charge in [0.05, 0.1) is 12.2 Å². The summed E-state index contributed by atoms with van der Waals surface area (Å²) in [6.07, 6.45) is 3.63. The summed E-state index contributed by atoms with van der Waals surface area (Å²) in [7, 11) is 0. The van der Waals surface area contributed by atoms with E-state index in [2.05, 4.69) is 59.3 Å². The largest absolute Gasteiger partial charge is 0.321 e. The number of aromatic nitrogens is 1. The molecule has 0 amide bonds. The molecule has 0 radical (unpaired) electrons. The molecule has 3 heteroatoms. The number of aliphatic imine (C=N–C) groups is 1. The fourth-order valence-corrected chi connectivity index (χ4v) is 2.96. The fourth-order valence-electron chi connectivity index (χ4n) is 2.96. The molecule has 0 unspecified atom stereocenters. The summed E-state index contributed by atoms with van der Waals surface area (Å²) >= 11 is 0. The van der Waals surface area contributed by atoms with Gasteiger partial charge in [0.2, 0.25) is 0 Å². The second kappa shape index (κ2) is 5.69. The third-order valence-corrected chi connectivity index (χ3v) is 4.13. The van der Waals surface area contributed by atoms with Crippen molar-refractivity contribution >= 4 is 17.2 Å². The highest BCUT2D eigenvalue weighted by atomic mass is 15.2. The topological polar surface area (TPSA) is 28.5 Å². The van der Waals surface area contributed by atoms with Crippen LogP contribution in [0.15, 0.2) is 78.0 Å². The van der Waals surface area contributed by atoms with Crippen molar-refractivity contribution in [3.05, 3.63) is 89.7 Å². The monoisotopic (exact) mass is 299 g/mol. The molecule has 0 bridgehead atoms. The molecule has 0 spiro atoms. The number of nitrogens with zero attached hydrogens (tertiary/aromatic N) is 3. The van der Waals surface area contributed by atoms with Gasteiger partial charge in [-0.1, -0.05) is 36.4 Å². The lowest BCUT2D eigenvalue weighted by Gasteiger charge is -2.31. The lowest BCUT2D eigenvalue weighted by atomic mass is 10.0. The molecule has 1 aromatic heterocycles. The van der Waals surface area contributed by atoms with Crippen molar-refractivity contribution in [2.75, 3.05) is 4.90 Å². The molecule has 112 valence electrons. The van der Waals surface area contributed by atoms with Crippen molar-refractivity contribution in [3.63, 3.8) is 0 Å². The first-order chi connectivity index (χ1) is 11.3. The molecule has 0 aliphatic carbocycles. The van der Waals surface area contributed by atoms with E-state index in [1.807, 2.05) is 30.6 Å². The number of hydrogen-bond donors (Lipinski definition) is 0. The average Bonchev–Trinajstić information content (AvgIpc) is 2.63. The molecule has 0 saturated carbocycles. The van der Waals surface area contributed by atoms with Gasteiger partial charge >= 0.3 is 0 Å². The lowest BCUT2D eigenvalue weighted by Crippen LogP contribution is -2.33. The molecular weight excluding hydrogens is 282 g/mol. The Bertz CT molecular complexity index is 855. The van der Waals surface area contributed by atoms with E-state index in [4.69, 9.17) is 4.99 Å². The standard InChI is InChI=1S/C20H17N3/c1-15-6-5-7-17-14-23(18-8-3-2-4-9-18)20(22-19(15)17)16-10-12-21-13-11-16/h2-13H,14H2,1H3. The van der Waals surface area contributed by atoms with Crippen LogP contribution < -0.4 is 4.90 Å². The number of rotatable bonds is 2. The zero-order valence-corrected chi connectivity index (χ0v) is 13.0. The van der Waals surface area contributed by atoms with Crippen molar-refractivity contribution in [2.24, 2.45) is 4.99 Å². The molecule has 3 aromatic rings. The van der Waals surface area contributed by atoms with Crippen LogP contribution in [0, 0.1) is 6.92 Å². The van der Waals surface area contributed by atoms with Gasteiger partial charge in [0.15, 0.2) is 0 Å². The van der Waals surface area contributed by atoms with Gasteiger partial charge < -0.3 is 4.90 Å². The highest BCUT2D eigenvalue weighted by Gasteiger charge is 2.23. The lowest BCUT2D eigenvalue weighted by molar-refractivity contribution is 0.972. The average molecular weight is 299 g/mol. The van der Waals surface area contributed by atoms with Gasteiger partial charge in [-0.15, -0.1) is 0 Å². The van der Waals surface area contributed by atoms with Gasteiger partial charge in [0, 0.05) is 23.6 Å². The van der Waals surface area contributed by atoms with Crippen LogP contribution in [-0.4, -0.2) is 10.8 Å². The van der Waals surface area contributed by atoms with Crippen LogP contribution in [0.2, 0.25) is 0 Å². The second-order valence-corrected chi connectivity index (χ2v) is 5.68. The highest BCUT2D eigenvalue weighted by Crippen LogP contribution is 2.33. The van der Waals surface area contributed by atoms with E-state index >= 15 is 0 Å². The van der Waals surface area contributed by atoms with Crippen LogP contribution in [-0.2, 0) is 6.54 Å². The van der Waals surface area contributed by atoms with Gasteiger partial charge in [-0.3, -0.25) is 4.98 Å². The Hall–Kier alpha value is -2.94. The summed E-state index contributed by atoms with van der Waals surface area (Å²) < 4.78 is 0. The summed E-state index contributed by atoms with van der Waals surface area (Å²) in [5.74, 6) is 0.973. The number of para-hydroxylation sites is 2. The zero-order valence-electron chi connectivity index (χ0n) is 13.0. The van der Waals surface area contributed by atoms with E-state index in [1.165, 1.54) is 11.1 Å². The van der Waals surface area contributed by atoms with Crippen molar-refractivity contribution in [1.29, 1.82) is 0 Å². The van der Waals surface area contributed by atoms with Crippen molar-refractivity contribution < 1.29 is 0 Å². The van der Waals surface area contributed by atoms with Gasteiger partial charge in [0.1, 0.15) is 5.84 Å². The van der Waals surface area contributed by atoms with E-state index in [0.29, 0.717) is 0 Å². The molecule has 4 rings (SSSR count). The third kappa shape index (κ3) is 2.50. The van der Waals surface area contributed by atoms with Crippen LogP contribution in [0.5, 0.6) is 0 Å². The third-order valence-electron chi connectivity index (χ3n) is 4.13. The molecule has 0 N–H and O–H groups in total. The van der Waals surface area contributed by atoms with Gasteiger partial charge in [-0.05, 0) is 42.3 Å². The highest BCUT2D eigenvalue weighted by molar-refractivity contribution is 6.12. The molecule has 0 atom stereocenters. The molecule has 2 heterocycles. The van der Waals surface area contributed by atoms with E-state index in [0.717, 1.165) is 29.3 Å². The van der Waals surface area contributed by atoms with Crippen molar-refractivity contribution in [1.82, 2.24) is 4.98 Å². The van der Waals surface area contributed by atoms with Crippen LogP contribution in [0.25, 0.3) is 0 Å². The smallest absolute Gasteiger partial charge is 0.141 e. The zero-order chi connectivity index (χ0) is 15.6. The fraction of sp³-hybridized carbons (Fsp3) is 0.100. The normalized spacial score (nSPS) is 13.4. The Kier molecular flexibility index (Phi) is 3.39. The maximum absolute atomic E-state index is 4.99. The van der Waals surface area contributed by atoms with Crippen LogP contribution >= 0.6 is 0 Å². The molecule has 1 aliphatic heterocycles. The van der Waals surface area contributed by atoms with Gasteiger partial charge in [-0.25, -0.2) is 4.99 Å². The van der Waals surface area contributed by atoms with Crippen LogP contribution in [0.3, 0.4) is 0 Å². The van der Waals surface area contributed by atoms with E-state index in [1.54, 1.807) is 0 Å². The predicted molar refractivity (Wildman–Crippen MR) is 94.2 cm³/mol. The molecular formula is C20H17N3. The molecule has 1 aliphatic rings. The Balaban J connectivity index is 1.90. The number of pyridine rings is 1. The number of aryl methyl sites for hydroxylation is 1. The van der Waals surface area contributed by atoms with Crippen molar-refractivity contribution in [2.45, 2.75) is 13.5 Å². The van der Waals surface area contributed by atoms with E-state index in [9.17, 15) is 0 Å². The summed E-state index contributed by atoms with van der Waals surface area (Å²) in [4.78, 5) is 11.4. The number of fused-ring (bicyclic) bond motifs is 1. The summed E-state index contributed by atoms with van der Waals surface area (Å²) in [5, 5.41) is 0. The summed E-state index contributed by atoms with van der Waals surface area (Å²) in [5.41, 5.74) is 5.79. The van der Waals surface area contributed by atoms with Crippen LogP contribution in [0.1, 0.15) is 16.7 Å². The number of benzene rings is 2. The summed E-state index contributed by atoms with van der Waals surface area (Å²) in [6, 6.07) is 20.8. The molecule has 0 saturated heterocycles. The predicted octanol–water partition coefficient (Wildman–Crippen LogP) is 4.49. The molecule has 23 heavy (non-hydrogen) atoms. The number of anilines is 1. The maximum Gasteiger partial charge on any atom is 0.141 e. The molecule has 2 aromatic carbocycles. The number of amidine groups is 1. The first-order valence-electron chi connectivity index (χ1n) is 7.73. The van der Waals surface area contributed by atoms with Gasteiger partial charge in [0.25, 0.3) is 0 Å². The molecule has 0 fully saturated rings. The van der Waals surface area contributed by atoms with Crippen molar-refractivity contribution in [3.8, 4) is 0 Å². The molecule has 3 nitrogen and oxygen atoms in total. The SMILES string of the molecule is Cc1cccc2c1N=C(c1ccncc1)N(c1ccccc1)C2. The maximum atomic E-state index is 4.99. The van der Waals surface area contributed by atoms with E-state index < -0.39 is 0 Å². The first kappa shape index (κ1) is 13.7. The van der Waals surface area contributed by atoms with E-state index in [-0.39, 0.29) is 0 Å². The minimum atomic E-state index is 0.822. The van der Waals surface area contributed by atoms with Gasteiger partial charge in [-0.2, -0.15) is 0 Å². The Labute approximate surface area is 136 Å². The Morgan fingerprint density at radius 3 is 2.43 bits per heavy atom. The quantitative estimate of drug-likeness (QED) is 0.697.